The minimum absolute atomic E-state index is 0.0394. The van der Waals surface area contributed by atoms with Crippen molar-refractivity contribution in [1.82, 2.24) is 4.90 Å². The van der Waals surface area contributed by atoms with E-state index in [0.29, 0.717) is 12.8 Å². The van der Waals surface area contributed by atoms with Crippen molar-refractivity contribution < 1.29 is 32.6 Å². The minimum atomic E-state index is -4.89. The second-order valence-electron chi connectivity index (χ2n) is 4.75. The Hall–Kier alpha value is -1.77. The first-order chi connectivity index (χ1) is 10.2. The molecule has 1 aliphatic carbocycles. The molecular weight excluding hydrogens is 371 g/mol. The third-order valence-electron chi connectivity index (χ3n) is 2.96. The number of rotatable bonds is 5. The van der Waals surface area contributed by atoms with Gasteiger partial charge in [0.2, 0.25) is 0 Å². The maximum atomic E-state index is 12.3. The third kappa shape index (κ3) is 4.36. The van der Waals surface area contributed by atoms with Crippen LogP contribution >= 0.6 is 15.9 Å². The van der Waals surface area contributed by atoms with Gasteiger partial charge in [0.25, 0.3) is 5.91 Å². The zero-order chi connectivity index (χ0) is 16.5. The highest BCUT2D eigenvalue weighted by Crippen LogP contribution is 2.33. The molecule has 1 aromatic rings. The van der Waals surface area contributed by atoms with Crippen LogP contribution in [0.2, 0.25) is 0 Å². The average Bonchev–Trinajstić information content (AvgIpc) is 3.20. The van der Waals surface area contributed by atoms with Crippen molar-refractivity contribution in [3.05, 3.63) is 28.2 Å². The normalized spacial score (nSPS) is 14.5. The molecule has 0 bridgehead atoms. The number of ether oxygens (including phenoxy) is 1. The monoisotopic (exact) mass is 381 g/mol. The van der Waals surface area contributed by atoms with E-state index < -0.39 is 30.5 Å². The summed E-state index contributed by atoms with van der Waals surface area (Å²) in [5.41, 5.74) is -0.0596. The van der Waals surface area contributed by atoms with E-state index in [1.165, 1.54) is 12.1 Å². The molecule has 1 N–H and O–H groups in total. The highest BCUT2D eigenvalue weighted by atomic mass is 79.9. The molecule has 0 saturated heterocycles. The highest BCUT2D eigenvalue weighted by molar-refractivity contribution is 9.10. The van der Waals surface area contributed by atoms with Crippen molar-refractivity contribution in [2.24, 2.45) is 0 Å². The molecule has 5 nitrogen and oxygen atoms in total. The fourth-order valence-corrected chi connectivity index (χ4v) is 2.23. The van der Waals surface area contributed by atoms with Gasteiger partial charge in [-0.25, -0.2) is 0 Å². The lowest BCUT2D eigenvalue weighted by Crippen LogP contribution is -2.37. The summed E-state index contributed by atoms with van der Waals surface area (Å²) in [5.74, 6) is -2.36. The maximum absolute atomic E-state index is 12.3. The first-order valence-corrected chi connectivity index (χ1v) is 7.05. The number of aliphatic carboxylic acids is 1. The van der Waals surface area contributed by atoms with Gasteiger partial charge in [0.1, 0.15) is 12.3 Å². The number of amides is 1. The topological polar surface area (TPSA) is 66.8 Å². The van der Waals surface area contributed by atoms with Crippen molar-refractivity contribution >= 4 is 27.8 Å². The lowest BCUT2D eigenvalue weighted by molar-refractivity contribution is -0.274. The Morgan fingerprint density at radius 1 is 1.36 bits per heavy atom. The summed E-state index contributed by atoms with van der Waals surface area (Å²) in [6.45, 7) is -0.491. The number of hydrogen-bond donors (Lipinski definition) is 1. The van der Waals surface area contributed by atoms with Gasteiger partial charge in [-0.2, -0.15) is 0 Å². The number of nitrogens with zero attached hydrogens (tertiary/aromatic N) is 1. The lowest BCUT2D eigenvalue weighted by atomic mass is 10.2. The first-order valence-electron chi connectivity index (χ1n) is 6.25. The van der Waals surface area contributed by atoms with Gasteiger partial charge in [-0.05, 0) is 47.0 Å². The van der Waals surface area contributed by atoms with Crippen LogP contribution in [0.5, 0.6) is 5.75 Å². The summed E-state index contributed by atoms with van der Waals surface area (Å²) in [5, 5.41) is 8.83. The van der Waals surface area contributed by atoms with Gasteiger partial charge in [0, 0.05) is 11.6 Å². The second kappa shape index (κ2) is 6.15. The van der Waals surface area contributed by atoms with Crippen LogP contribution in [-0.2, 0) is 4.79 Å². The maximum Gasteiger partial charge on any atom is 0.573 e. The van der Waals surface area contributed by atoms with Crippen LogP contribution in [0.15, 0.2) is 22.7 Å². The molecule has 0 spiro atoms. The Kier molecular flexibility index (Phi) is 4.64. The van der Waals surface area contributed by atoms with Gasteiger partial charge in [0.15, 0.2) is 0 Å². The van der Waals surface area contributed by atoms with Crippen LogP contribution in [0.1, 0.15) is 23.2 Å². The van der Waals surface area contributed by atoms with Gasteiger partial charge in [-0.3, -0.25) is 9.59 Å². The molecule has 22 heavy (non-hydrogen) atoms. The van der Waals surface area contributed by atoms with Crippen molar-refractivity contribution in [1.29, 1.82) is 0 Å². The van der Waals surface area contributed by atoms with Crippen molar-refractivity contribution in [3.63, 3.8) is 0 Å². The number of benzene rings is 1. The summed E-state index contributed by atoms with van der Waals surface area (Å²) in [6, 6.07) is 3.32. The molecule has 1 amide bonds. The Morgan fingerprint density at radius 3 is 2.50 bits per heavy atom. The van der Waals surface area contributed by atoms with E-state index in [-0.39, 0.29) is 16.1 Å². The number of halogens is 4. The van der Waals surface area contributed by atoms with Crippen molar-refractivity contribution in [3.8, 4) is 5.75 Å². The van der Waals surface area contributed by atoms with Gasteiger partial charge in [-0.15, -0.1) is 13.2 Å². The van der Waals surface area contributed by atoms with Crippen molar-refractivity contribution in [2.75, 3.05) is 6.54 Å². The summed E-state index contributed by atoms with van der Waals surface area (Å²) in [4.78, 5) is 24.3. The number of hydrogen-bond acceptors (Lipinski definition) is 3. The molecule has 0 unspecified atom stereocenters. The summed E-state index contributed by atoms with van der Waals surface area (Å²) >= 11 is 2.91. The van der Waals surface area contributed by atoms with E-state index in [2.05, 4.69) is 20.7 Å². The van der Waals surface area contributed by atoms with E-state index in [0.717, 1.165) is 11.0 Å². The highest BCUT2D eigenvalue weighted by Gasteiger charge is 2.35. The molecule has 120 valence electrons. The first kappa shape index (κ1) is 16.6. The molecule has 1 saturated carbocycles. The van der Waals surface area contributed by atoms with Crippen LogP contribution in [0, 0.1) is 0 Å². The number of carboxylic acid groups (broad SMARTS) is 1. The lowest BCUT2D eigenvalue weighted by Gasteiger charge is -2.21. The largest absolute Gasteiger partial charge is 0.573 e. The molecule has 0 radical (unpaired) electrons. The summed E-state index contributed by atoms with van der Waals surface area (Å²) < 4.78 is 40.8. The standard InChI is InChI=1S/C13H11BrF3NO4/c14-9-4-1-7(5-10(9)22-13(15,16)17)12(21)18(6-11(19)20)8-2-3-8/h1,4-5,8H,2-3,6H2,(H,19,20). The number of carboxylic acids is 1. The fraction of sp³-hybridized carbons (Fsp3) is 0.385. The predicted octanol–water partition coefficient (Wildman–Crippen LogP) is 3.04. The molecule has 9 heteroatoms. The van der Waals surface area contributed by atoms with E-state index in [9.17, 15) is 22.8 Å². The van der Waals surface area contributed by atoms with Gasteiger partial charge in [0.05, 0.1) is 4.47 Å². The van der Waals surface area contributed by atoms with Gasteiger partial charge >= 0.3 is 12.3 Å². The van der Waals surface area contributed by atoms with E-state index in [1.807, 2.05) is 0 Å². The molecule has 1 fully saturated rings. The number of alkyl halides is 3. The molecule has 1 aliphatic rings. The molecule has 2 rings (SSSR count). The molecule has 0 atom stereocenters. The van der Waals surface area contributed by atoms with Gasteiger partial charge in [-0.1, -0.05) is 0 Å². The molecule has 0 aliphatic heterocycles. The Labute approximate surface area is 131 Å². The SMILES string of the molecule is O=C(O)CN(C(=O)c1ccc(Br)c(OC(F)(F)F)c1)C1CC1. The third-order valence-corrected chi connectivity index (χ3v) is 3.61. The second-order valence-corrected chi connectivity index (χ2v) is 5.61. The fourth-order valence-electron chi connectivity index (χ4n) is 1.90. The summed E-state index contributed by atoms with van der Waals surface area (Å²) in [7, 11) is 0. The van der Waals surface area contributed by atoms with E-state index >= 15 is 0 Å². The average molecular weight is 382 g/mol. The van der Waals surface area contributed by atoms with Crippen LogP contribution in [0.4, 0.5) is 13.2 Å². The van der Waals surface area contributed by atoms with Crippen molar-refractivity contribution in [2.45, 2.75) is 25.2 Å². The van der Waals surface area contributed by atoms with Crippen LogP contribution in [-0.4, -0.2) is 40.8 Å². The molecular formula is C13H11BrF3NO4. The van der Waals surface area contributed by atoms with E-state index in [1.54, 1.807) is 0 Å². The molecule has 0 heterocycles. The zero-order valence-electron chi connectivity index (χ0n) is 11.1. The molecule has 0 aromatic heterocycles. The Morgan fingerprint density at radius 2 is 2.00 bits per heavy atom. The Balaban J connectivity index is 2.25. The predicted molar refractivity (Wildman–Crippen MR) is 72.5 cm³/mol. The number of carbonyl (C=O) groups is 2. The quantitative estimate of drug-likeness (QED) is 0.850. The van der Waals surface area contributed by atoms with Crippen LogP contribution in [0.3, 0.4) is 0 Å². The smallest absolute Gasteiger partial charge is 0.480 e. The minimum Gasteiger partial charge on any atom is -0.480 e. The summed E-state index contributed by atoms with van der Waals surface area (Å²) in [6.07, 6.45) is -3.52. The zero-order valence-corrected chi connectivity index (χ0v) is 12.6. The van der Waals surface area contributed by atoms with Crippen LogP contribution < -0.4 is 4.74 Å². The van der Waals surface area contributed by atoms with E-state index in [4.69, 9.17) is 5.11 Å². The number of carbonyl (C=O) groups excluding carboxylic acids is 1. The van der Waals surface area contributed by atoms with Crippen LogP contribution in [0.25, 0.3) is 0 Å². The Bertz CT molecular complexity index is 601. The van der Waals surface area contributed by atoms with Gasteiger partial charge < -0.3 is 14.7 Å². The molecule has 1 aromatic carbocycles.